The molecule has 0 radical (unpaired) electrons. The van der Waals surface area contributed by atoms with E-state index in [1.54, 1.807) is 6.92 Å². The number of nitrogens with zero attached hydrogens (tertiary/aromatic N) is 1. The minimum atomic E-state index is -0.856. The molecule has 2 rings (SSSR count). The number of amides is 2. The van der Waals surface area contributed by atoms with Gasteiger partial charge in [-0.25, -0.2) is 9.78 Å². The summed E-state index contributed by atoms with van der Waals surface area (Å²) < 4.78 is 0. The van der Waals surface area contributed by atoms with Crippen molar-refractivity contribution in [3.05, 3.63) is 10.6 Å². The van der Waals surface area contributed by atoms with Gasteiger partial charge in [0.1, 0.15) is 0 Å². The fourth-order valence-corrected chi connectivity index (χ4v) is 3.07. The van der Waals surface area contributed by atoms with Crippen molar-refractivity contribution in [1.29, 1.82) is 0 Å². The quantitative estimate of drug-likeness (QED) is 0.769. The van der Waals surface area contributed by atoms with Gasteiger partial charge < -0.3 is 10.4 Å². The van der Waals surface area contributed by atoms with Crippen LogP contribution in [0.2, 0.25) is 0 Å². The molecular weight excluding hydrogens is 266 g/mol. The van der Waals surface area contributed by atoms with Crippen molar-refractivity contribution >= 4 is 28.5 Å². The van der Waals surface area contributed by atoms with Crippen molar-refractivity contribution in [3.63, 3.8) is 0 Å². The smallest absolute Gasteiger partial charge is 0.321 e. The first-order valence-corrected chi connectivity index (χ1v) is 7.11. The largest absolute Gasteiger partial charge is 0.481 e. The number of hydrogen-bond donors (Lipinski definition) is 3. The molecule has 1 aromatic heterocycles. The maximum atomic E-state index is 11.6. The van der Waals surface area contributed by atoms with Gasteiger partial charge in [-0.15, -0.1) is 11.3 Å². The third kappa shape index (κ3) is 3.92. The average molecular weight is 283 g/mol. The number of nitrogens with one attached hydrogen (secondary N) is 2. The van der Waals surface area contributed by atoms with E-state index in [1.165, 1.54) is 16.2 Å². The summed E-state index contributed by atoms with van der Waals surface area (Å²) in [5.41, 5.74) is 1.10. The molecule has 0 saturated carbocycles. The Labute approximate surface area is 115 Å². The lowest BCUT2D eigenvalue weighted by atomic mass is 10.1. The summed E-state index contributed by atoms with van der Waals surface area (Å²) in [5, 5.41) is 14.6. The first-order chi connectivity index (χ1) is 9.04. The predicted molar refractivity (Wildman–Crippen MR) is 72.6 cm³/mol. The van der Waals surface area contributed by atoms with Gasteiger partial charge in [0.25, 0.3) is 0 Å². The molecule has 0 aliphatic heterocycles. The molecule has 0 aromatic carbocycles. The first-order valence-electron chi connectivity index (χ1n) is 6.30. The van der Waals surface area contributed by atoms with Gasteiger partial charge in [-0.3, -0.25) is 10.1 Å². The number of aromatic nitrogens is 1. The second-order valence-corrected chi connectivity index (χ2v) is 5.86. The average Bonchev–Trinajstić information content (AvgIpc) is 2.85. The Balaban J connectivity index is 1.76. The van der Waals surface area contributed by atoms with Crippen LogP contribution in [0, 0.1) is 5.92 Å². The van der Waals surface area contributed by atoms with Crippen LogP contribution in [0.25, 0.3) is 0 Å². The number of rotatable bonds is 5. The molecule has 1 heterocycles. The summed E-state index contributed by atoms with van der Waals surface area (Å²) in [6, 6.07) is -0.329. The van der Waals surface area contributed by atoms with Crippen LogP contribution in [0.3, 0.4) is 0 Å². The van der Waals surface area contributed by atoms with Crippen LogP contribution in [-0.4, -0.2) is 28.6 Å². The zero-order chi connectivity index (χ0) is 13.8. The van der Waals surface area contributed by atoms with E-state index in [4.69, 9.17) is 5.11 Å². The Morgan fingerprint density at radius 3 is 2.95 bits per heavy atom. The number of fused-ring (bicyclic) bond motifs is 1. The Morgan fingerprint density at radius 1 is 1.47 bits per heavy atom. The molecule has 0 bridgehead atoms. The lowest BCUT2D eigenvalue weighted by Crippen LogP contribution is -2.32. The summed E-state index contributed by atoms with van der Waals surface area (Å²) in [7, 11) is 0. The fourth-order valence-electron chi connectivity index (χ4n) is 2.02. The lowest BCUT2D eigenvalue weighted by Gasteiger charge is -2.10. The van der Waals surface area contributed by atoms with Gasteiger partial charge in [-0.1, -0.05) is 6.92 Å². The Morgan fingerprint density at radius 2 is 2.26 bits per heavy atom. The maximum Gasteiger partial charge on any atom is 0.321 e. The molecule has 3 N–H and O–H groups in total. The van der Waals surface area contributed by atoms with Gasteiger partial charge in [-0.2, -0.15) is 0 Å². The molecule has 1 atom stereocenters. The minimum Gasteiger partial charge on any atom is -0.481 e. The third-order valence-corrected chi connectivity index (χ3v) is 4.02. The van der Waals surface area contributed by atoms with Crippen molar-refractivity contribution in [2.45, 2.75) is 32.6 Å². The zero-order valence-corrected chi connectivity index (χ0v) is 11.5. The molecule has 1 unspecified atom stereocenters. The van der Waals surface area contributed by atoms with E-state index in [0.29, 0.717) is 11.7 Å². The second kappa shape index (κ2) is 6.01. The molecular formula is C12H17N3O3S. The van der Waals surface area contributed by atoms with Crippen molar-refractivity contribution in [2.24, 2.45) is 5.92 Å². The van der Waals surface area contributed by atoms with Crippen LogP contribution in [0.5, 0.6) is 0 Å². The van der Waals surface area contributed by atoms with Gasteiger partial charge >= 0.3 is 12.0 Å². The van der Waals surface area contributed by atoms with Crippen molar-refractivity contribution in [2.75, 3.05) is 11.9 Å². The number of aryl methyl sites for hydroxylation is 2. The summed E-state index contributed by atoms with van der Waals surface area (Å²) >= 11 is 1.52. The third-order valence-electron chi connectivity index (χ3n) is 2.95. The van der Waals surface area contributed by atoms with Gasteiger partial charge in [0.05, 0.1) is 5.69 Å². The van der Waals surface area contributed by atoms with Crippen LogP contribution >= 0.6 is 11.3 Å². The molecule has 1 aliphatic carbocycles. The number of carboxylic acid groups (broad SMARTS) is 1. The highest BCUT2D eigenvalue weighted by atomic mass is 32.1. The molecule has 1 aromatic rings. The van der Waals surface area contributed by atoms with E-state index >= 15 is 0 Å². The lowest BCUT2D eigenvalue weighted by molar-refractivity contribution is -0.137. The topological polar surface area (TPSA) is 91.3 Å². The maximum absolute atomic E-state index is 11.6. The number of thiazole rings is 1. The fraction of sp³-hybridized carbons (Fsp3) is 0.583. The minimum absolute atomic E-state index is 0.0474. The molecule has 2 amide bonds. The molecule has 104 valence electrons. The molecule has 7 heteroatoms. The van der Waals surface area contributed by atoms with Gasteiger partial charge in [0, 0.05) is 17.8 Å². The van der Waals surface area contributed by atoms with E-state index in [9.17, 15) is 9.59 Å². The molecule has 6 nitrogen and oxygen atoms in total. The summed E-state index contributed by atoms with van der Waals surface area (Å²) in [5.74, 6) is -0.949. The SMILES string of the molecule is CC(CNC(=O)Nc1nc2c(s1)CCC2)CC(=O)O. The zero-order valence-electron chi connectivity index (χ0n) is 10.7. The normalized spacial score (nSPS) is 14.8. The van der Waals surface area contributed by atoms with Crippen LogP contribution in [0.15, 0.2) is 0 Å². The highest BCUT2D eigenvalue weighted by Gasteiger charge is 2.17. The number of carbonyl (C=O) groups excluding carboxylic acids is 1. The molecule has 0 fully saturated rings. The van der Waals surface area contributed by atoms with Gasteiger partial charge in [0.2, 0.25) is 0 Å². The monoisotopic (exact) mass is 283 g/mol. The summed E-state index contributed by atoms with van der Waals surface area (Å²) in [6.45, 7) is 2.12. The molecule has 0 spiro atoms. The van der Waals surface area contributed by atoms with Crippen LogP contribution in [0.4, 0.5) is 9.93 Å². The van der Waals surface area contributed by atoms with Crippen LogP contribution < -0.4 is 10.6 Å². The Kier molecular flexibility index (Phi) is 4.36. The van der Waals surface area contributed by atoms with E-state index in [2.05, 4.69) is 15.6 Å². The predicted octanol–water partition coefficient (Wildman–Crippen LogP) is 1.86. The highest BCUT2D eigenvalue weighted by Crippen LogP contribution is 2.30. The second-order valence-electron chi connectivity index (χ2n) is 4.78. The Hall–Kier alpha value is -1.63. The van der Waals surface area contributed by atoms with E-state index in [1.807, 2.05) is 0 Å². The van der Waals surface area contributed by atoms with E-state index in [-0.39, 0.29) is 18.4 Å². The van der Waals surface area contributed by atoms with E-state index < -0.39 is 5.97 Å². The summed E-state index contributed by atoms with van der Waals surface area (Å²) in [6.07, 6.45) is 3.23. The number of carbonyl (C=O) groups is 2. The number of urea groups is 1. The molecule has 1 aliphatic rings. The van der Waals surface area contributed by atoms with Crippen molar-refractivity contribution in [3.8, 4) is 0 Å². The number of hydrogen-bond acceptors (Lipinski definition) is 4. The summed E-state index contributed by atoms with van der Waals surface area (Å²) in [4.78, 5) is 27.7. The van der Waals surface area contributed by atoms with Gasteiger partial charge in [-0.05, 0) is 25.2 Å². The first kappa shape index (κ1) is 13.8. The Bertz CT molecular complexity index is 465. The van der Waals surface area contributed by atoms with Crippen LogP contribution in [-0.2, 0) is 17.6 Å². The highest BCUT2D eigenvalue weighted by molar-refractivity contribution is 7.15. The van der Waals surface area contributed by atoms with Crippen molar-refractivity contribution in [1.82, 2.24) is 10.3 Å². The molecule has 0 saturated heterocycles. The number of anilines is 1. The van der Waals surface area contributed by atoms with Crippen LogP contribution in [0.1, 0.15) is 30.3 Å². The van der Waals surface area contributed by atoms with E-state index in [0.717, 1.165) is 25.0 Å². The standard InChI is InChI=1S/C12H17N3O3S/c1-7(5-10(16)17)6-13-11(18)15-12-14-8-3-2-4-9(8)19-12/h7H,2-6H2,1H3,(H,16,17)(H2,13,14,15,18). The number of carboxylic acids is 1. The number of aliphatic carboxylic acids is 1. The molecule has 19 heavy (non-hydrogen) atoms. The van der Waals surface area contributed by atoms with Gasteiger partial charge in [0.15, 0.2) is 5.13 Å². The van der Waals surface area contributed by atoms with Crippen molar-refractivity contribution < 1.29 is 14.7 Å².